The summed E-state index contributed by atoms with van der Waals surface area (Å²) in [5, 5.41) is 0.787. The Morgan fingerprint density at radius 1 is 0.971 bits per heavy atom. The van der Waals surface area contributed by atoms with E-state index in [9.17, 15) is 4.79 Å². The zero-order valence-electron chi connectivity index (χ0n) is 23.3. The number of likely N-dealkylation sites (N-methyl/N-ethyl adjacent to an activating group) is 1. The lowest BCUT2D eigenvalue weighted by Crippen LogP contribution is -2.23. The number of hydrogen-bond acceptors (Lipinski definition) is 2. The van der Waals surface area contributed by atoms with Gasteiger partial charge in [0.2, 0.25) is 0 Å². The van der Waals surface area contributed by atoms with E-state index in [0.29, 0.717) is 0 Å². The Kier molecular flexibility index (Phi) is 16.5. The molecule has 0 amide bonds. The van der Waals surface area contributed by atoms with Crippen LogP contribution in [0.4, 0.5) is 0 Å². The lowest BCUT2D eigenvalue weighted by Gasteiger charge is -2.25. The Bertz CT molecular complexity index is 970. The van der Waals surface area contributed by atoms with E-state index in [1.807, 2.05) is 63.2 Å². The summed E-state index contributed by atoms with van der Waals surface area (Å²) in [5.41, 5.74) is 8.04. The number of nitrogens with zero attached hydrogens (tertiary/aromatic N) is 1. The molecule has 0 aliphatic carbocycles. The molecule has 0 unspecified atom stereocenters. The Labute approximate surface area is 220 Å². The molecule has 0 aliphatic heterocycles. The predicted octanol–water partition coefficient (Wildman–Crippen LogP) is 9.55. The summed E-state index contributed by atoms with van der Waals surface area (Å²) in [6.07, 6.45) is 5.46. The molecule has 0 spiro atoms. The maximum Gasteiger partial charge on any atom is 0.160 e. The number of halogens is 1. The molecule has 35 heavy (non-hydrogen) atoms. The third-order valence-corrected chi connectivity index (χ3v) is 5.65. The SMILES string of the molecule is C=C(/C(C)=C/CC)N(CC)CCC.C=C(C)Cc1ccc(Cl)cc1.CC(=O)c1ccc(C)cc1C. The van der Waals surface area contributed by atoms with Gasteiger partial charge in [-0.05, 0) is 89.6 Å². The van der Waals surface area contributed by atoms with Gasteiger partial charge in [0.25, 0.3) is 0 Å². The average Bonchev–Trinajstić information content (AvgIpc) is 2.79. The molecule has 0 heterocycles. The molecule has 2 nitrogen and oxygen atoms in total. The van der Waals surface area contributed by atoms with Crippen molar-refractivity contribution in [1.82, 2.24) is 4.90 Å². The van der Waals surface area contributed by atoms with Crippen molar-refractivity contribution in [2.24, 2.45) is 0 Å². The maximum atomic E-state index is 11.0. The van der Waals surface area contributed by atoms with E-state index in [2.05, 4.69) is 51.8 Å². The van der Waals surface area contributed by atoms with E-state index in [1.165, 1.54) is 34.4 Å². The summed E-state index contributed by atoms with van der Waals surface area (Å²) in [4.78, 5) is 13.3. The first kappa shape index (κ1) is 32.4. The summed E-state index contributed by atoms with van der Waals surface area (Å²) in [6.45, 7) is 26.4. The molecule has 0 N–H and O–H groups in total. The highest BCUT2D eigenvalue weighted by molar-refractivity contribution is 6.30. The van der Waals surface area contributed by atoms with E-state index in [0.717, 1.165) is 42.1 Å². The van der Waals surface area contributed by atoms with Gasteiger partial charge in [-0.25, -0.2) is 0 Å². The van der Waals surface area contributed by atoms with Crippen LogP contribution >= 0.6 is 11.6 Å². The number of carbonyl (C=O) groups is 1. The molecule has 0 bridgehead atoms. The minimum Gasteiger partial charge on any atom is -0.372 e. The number of aryl methyl sites for hydroxylation is 2. The normalized spacial score (nSPS) is 10.4. The van der Waals surface area contributed by atoms with Crippen LogP contribution in [-0.4, -0.2) is 23.8 Å². The van der Waals surface area contributed by atoms with Crippen LogP contribution in [0.5, 0.6) is 0 Å². The van der Waals surface area contributed by atoms with E-state index in [1.54, 1.807) is 6.92 Å². The summed E-state index contributed by atoms with van der Waals surface area (Å²) in [6, 6.07) is 13.7. The van der Waals surface area contributed by atoms with Crippen molar-refractivity contribution >= 4 is 17.4 Å². The molecule has 3 heteroatoms. The zero-order valence-corrected chi connectivity index (χ0v) is 24.1. The molecule has 192 valence electrons. The first-order chi connectivity index (χ1) is 16.5. The van der Waals surface area contributed by atoms with Crippen LogP contribution < -0.4 is 0 Å². The monoisotopic (exact) mass is 495 g/mol. The second-order valence-electron chi connectivity index (χ2n) is 8.96. The maximum absolute atomic E-state index is 11.0. The fourth-order valence-corrected chi connectivity index (χ4v) is 3.71. The van der Waals surface area contributed by atoms with Crippen LogP contribution in [0.3, 0.4) is 0 Å². The second kappa shape index (κ2) is 17.8. The van der Waals surface area contributed by atoms with Gasteiger partial charge in [0.15, 0.2) is 5.78 Å². The molecule has 0 aromatic heterocycles. The molecular weight excluding hydrogens is 450 g/mol. The van der Waals surface area contributed by atoms with Crippen LogP contribution in [-0.2, 0) is 6.42 Å². The van der Waals surface area contributed by atoms with Crippen molar-refractivity contribution in [3.05, 3.63) is 106 Å². The standard InChI is InChI=1S/C12H23N.C10H11Cl.C10H12O/c1-6-9-11(4)12(5)13(8-3)10-7-2;1-8(2)7-9-3-5-10(11)6-4-9;1-7-4-5-10(9(3)11)8(2)6-7/h9H,5-8,10H2,1-4H3;3-6H,1,7H2,2H3;4-6H,1-3H3/b11-9+;;. The van der Waals surface area contributed by atoms with Gasteiger partial charge >= 0.3 is 0 Å². The minimum atomic E-state index is 0.141. The van der Waals surface area contributed by atoms with E-state index in [-0.39, 0.29) is 5.78 Å². The van der Waals surface area contributed by atoms with E-state index < -0.39 is 0 Å². The zero-order chi connectivity index (χ0) is 27.0. The molecule has 2 aromatic carbocycles. The fourth-order valence-electron chi connectivity index (χ4n) is 3.59. The quantitative estimate of drug-likeness (QED) is 0.196. The van der Waals surface area contributed by atoms with Gasteiger partial charge in [-0.15, -0.1) is 0 Å². The number of rotatable bonds is 9. The molecule has 0 saturated carbocycles. The van der Waals surface area contributed by atoms with E-state index >= 15 is 0 Å². The highest BCUT2D eigenvalue weighted by Crippen LogP contribution is 2.14. The fraction of sp³-hybridized carbons (Fsp3) is 0.406. The Balaban J connectivity index is 0.000000497. The van der Waals surface area contributed by atoms with Crippen LogP contribution in [0.25, 0.3) is 0 Å². The van der Waals surface area contributed by atoms with Gasteiger partial charge in [-0.1, -0.05) is 86.2 Å². The third-order valence-electron chi connectivity index (χ3n) is 5.40. The molecule has 0 radical (unpaired) electrons. The molecule has 0 fully saturated rings. The Morgan fingerprint density at radius 3 is 2.00 bits per heavy atom. The van der Waals surface area contributed by atoms with Gasteiger partial charge < -0.3 is 4.90 Å². The summed E-state index contributed by atoms with van der Waals surface area (Å²) >= 11 is 5.73. The topological polar surface area (TPSA) is 20.3 Å². The van der Waals surface area contributed by atoms with Crippen LogP contribution in [0, 0.1) is 13.8 Å². The van der Waals surface area contributed by atoms with Crippen molar-refractivity contribution in [1.29, 1.82) is 0 Å². The van der Waals surface area contributed by atoms with Gasteiger partial charge in [0.05, 0.1) is 0 Å². The number of hydrogen-bond donors (Lipinski definition) is 0. The highest BCUT2D eigenvalue weighted by atomic mass is 35.5. The molecule has 0 aliphatic rings. The van der Waals surface area contributed by atoms with Gasteiger partial charge in [-0.2, -0.15) is 0 Å². The number of allylic oxidation sites excluding steroid dienone is 3. The minimum absolute atomic E-state index is 0.141. The van der Waals surface area contributed by atoms with Crippen LogP contribution in [0.2, 0.25) is 5.02 Å². The van der Waals surface area contributed by atoms with Gasteiger partial charge in [0, 0.05) is 29.4 Å². The lowest BCUT2D eigenvalue weighted by molar-refractivity contribution is 0.101. The largest absolute Gasteiger partial charge is 0.372 e. The predicted molar refractivity (Wildman–Crippen MR) is 157 cm³/mol. The Hall–Kier alpha value is -2.58. The number of ketones is 1. The molecular formula is C32H46ClNO. The number of carbonyl (C=O) groups excluding carboxylic acids is 1. The van der Waals surface area contributed by atoms with Crippen LogP contribution in [0.15, 0.2) is 78.5 Å². The first-order valence-corrected chi connectivity index (χ1v) is 12.9. The third kappa shape index (κ3) is 13.8. The first-order valence-electron chi connectivity index (χ1n) is 12.5. The molecule has 2 rings (SSSR count). The highest BCUT2D eigenvalue weighted by Gasteiger charge is 2.04. The van der Waals surface area contributed by atoms with Gasteiger partial charge in [0.1, 0.15) is 0 Å². The number of Topliss-reactive ketones (excluding diaryl/α,β-unsaturated/α-hetero) is 1. The van der Waals surface area contributed by atoms with E-state index in [4.69, 9.17) is 11.6 Å². The van der Waals surface area contributed by atoms with Crippen molar-refractivity contribution in [2.75, 3.05) is 13.1 Å². The van der Waals surface area contributed by atoms with Crippen molar-refractivity contribution < 1.29 is 4.79 Å². The average molecular weight is 496 g/mol. The van der Waals surface area contributed by atoms with Crippen molar-refractivity contribution in [2.45, 2.75) is 74.7 Å². The van der Waals surface area contributed by atoms with Crippen LogP contribution in [0.1, 0.15) is 81.4 Å². The molecule has 0 saturated heterocycles. The summed E-state index contributed by atoms with van der Waals surface area (Å²) in [5.74, 6) is 0.141. The molecule has 2 aromatic rings. The second-order valence-corrected chi connectivity index (χ2v) is 9.39. The summed E-state index contributed by atoms with van der Waals surface area (Å²) < 4.78 is 0. The summed E-state index contributed by atoms with van der Waals surface area (Å²) in [7, 11) is 0. The van der Waals surface area contributed by atoms with Gasteiger partial charge in [-0.3, -0.25) is 4.79 Å². The smallest absolute Gasteiger partial charge is 0.160 e. The molecule has 0 atom stereocenters. The Morgan fingerprint density at radius 2 is 1.57 bits per heavy atom. The van der Waals surface area contributed by atoms with Crippen molar-refractivity contribution in [3.8, 4) is 0 Å². The van der Waals surface area contributed by atoms with Crippen molar-refractivity contribution in [3.63, 3.8) is 0 Å². The lowest BCUT2D eigenvalue weighted by atomic mass is 10.0. The number of benzene rings is 2.